The summed E-state index contributed by atoms with van der Waals surface area (Å²) < 4.78 is 16.2. The Morgan fingerprint density at radius 3 is 2.14 bits per heavy atom. The van der Waals surface area contributed by atoms with Crippen LogP contribution in [0.2, 0.25) is 0 Å². The van der Waals surface area contributed by atoms with Crippen LogP contribution in [0.15, 0.2) is 48.5 Å². The second kappa shape index (κ2) is 10.0. The maximum Gasteiger partial charge on any atom is 0.226 e. The molecule has 2 aromatic rings. The van der Waals surface area contributed by atoms with Crippen LogP contribution in [-0.2, 0) is 4.79 Å². The summed E-state index contributed by atoms with van der Waals surface area (Å²) in [4.78, 5) is 15.0. The summed E-state index contributed by atoms with van der Waals surface area (Å²) in [7, 11) is 3.30. The topological polar surface area (TPSA) is 48.0 Å². The van der Waals surface area contributed by atoms with E-state index in [0.29, 0.717) is 13.0 Å². The number of benzene rings is 2. The van der Waals surface area contributed by atoms with Crippen LogP contribution < -0.4 is 14.2 Å². The average molecular weight is 383 g/mol. The van der Waals surface area contributed by atoms with Crippen LogP contribution in [0.25, 0.3) is 0 Å². The summed E-state index contributed by atoms with van der Waals surface area (Å²) in [5, 5.41) is 0. The minimum atomic E-state index is 0.127. The van der Waals surface area contributed by atoms with Gasteiger partial charge in [-0.3, -0.25) is 4.79 Å². The first-order chi connectivity index (χ1) is 13.7. The molecule has 2 aromatic carbocycles. The molecule has 0 spiro atoms. The van der Waals surface area contributed by atoms with Gasteiger partial charge < -0.3 is 19.1 Å². The minimum absolute atomic E-state index is 0.127. The van der Waals surface area contributed by atoms with Crippen molar-refractivity contribution in [2.45, 2.75) is 38.1 Å². The van der Waals surface area contributed by atoms with Crippen molar-refractivity contribution in [3.05, 3.63) is 54.1 Å². The monoisotopic (exact) mass is 383 g/mol. The number of nitrogens with zero attached hydrogens (tertiary/aromatic N) is 1. The van der Waals surface area contributed by atoms with Gasteiger partial charge in [-0.25, -0.2) is 0 Å². The van der Waals surface area contributed by atoms with Gasteiger partial charge >= 0.3 is 0 Å². The van der Waals surface area contributed by atoms with Gasteiger partial charge in [0.2, 0.25) is 5.91 Å². The first kappa shape index (κ1) is 20.1. The Morgan fingerprint density at radius 2 is 1.50 bits per heavy atom. The van der Waals surface area contributed by atoms with Crippen molar-refractivity contribution in [3.8, 4) is 17.2 Å². The predicted octanol–water partition coefficient (Wildman–Crippen LogP) is 4.62. The van der Waals surface area contributed by atoms with Gasteiger partial charge in [0.1, 0.15) is 17.2 Å². The van der Waals surface area contributed by atoms with Gasteiger partial charge in [0.25, 0.3) is 0 Å². The quantitative estimate of drug-likeness (QED) is 0.700. The fourth-order valence-corrected chi connectivity index (χ4v) is 3.65. The van der Waals surface area contributed by atoms with Crippen LogP contribution in [0, 0.1) is 0 Å². The fraction of sp³-hybridized carbons (Fsp3) is 0.435. The van der Waals surface area contributed by atoms with Crippen LogP contribution in [0.4, 0.5) is 0 Å². The van der Waals surface area contributed by atoms with Gasteiger partial charge in [-0.2, -0.15) is 0 Å². The van der Waals surface area contributed by atoms with E-state index in [4.69, 9.17) is 14.2 Å². The van der Waals surface area contributed by atoms with E-state index < -0.39 is 0 Å². The molecule has 1 aliphatic rings. The lowest BCUT2D eigenvalue weighted by atomic mass is 10.0. The number of hydrogen-bond acceptors (Lipinski definition) is 4. The normalized spacial score (nSPS) is 16.9. The molecule has 1 saturated heterocycles. The van der Waals surface area contributed by atoms with E-state index in [1.54, 1.807) is 14.2 Å². The van der Waals surface area contributed by atoms with Crippen molar-refractivity contribution in [2.75, 3.05) is 27.4 Å². The SMILES string of the molecule is COc1ccc(OCCC(=O)N2CCCCC[C@H]2c2ccc(OC)cc2)cc1. The zero-order chi connectivity index (χ0) is 19.8. The molecule has 0 aromatic heterocycles. The minimum Gasteiger partial charge on any atom is -0.497 e. The number of amides is 1. The molecule has 5 heteroatoms. The number of hydrogen-bond donors (Lipinski definition) is 0. The Balaban J connectivity index is 1.61. The molecule has 0 N–H and O–H groups in total. The van der Waals surface area contributed by atoms with E-state index in [9.17, 15) is 4.79 Å². The summed E-state index contributed by atoms with van der Waals surface area (Å²) >= 11 is 0. The van der Waals surface area contributed by atoms with E-state index >= 15 is 0 Å². The zero-order valence-electron chi connectivity index (χ0n) is 16.7. The molecule has 0 saturated carbocycles. The predicted molar refractivity (Wildman–Crippen MR) is 109 cm³/mol. The Kier molecular flexibility index (Phi) is 7.18. The van der Waals surface area contributed by atoms with Gasteiger partial charge in [-0.1, -0.05) is 25.0 Å². The highest BCUT2D eigenvalue weighted by atomic mass is 16.5. The number of ether oxygens (including phenoxy) is 3. The molecule has 1 aliphatic heterocycles. The third kappa shape index (κ3) is 5.18. The maximum absolute atomic E-state index is 12.9. The Bertz CT molecular complexity index is 742. The second-order valence-electron chi connectivity index (χ2n) is 7.00. The smallest absolute Gasteiger partial charge is 0.226 e. The van der Waals surface area contributed by atoms with Crippen LogP contribution >= 0.6 is 0 Å². The second-order valence-corrected chi connectivity index (χ2v) is 7.00. The maximum atomic E-state index is 12.9. The zero-order valence-corrected chi connectivity index (χ0v) is 16.7. The molecule has 1 heterocycles. The molecule has 0 aliphatic carbocycles. The molecule has 0 radical (unpaired) electrons. The highest BCUT2D eigenvalue weighted by molar-refractivity contribution is 5.77. The molecule has 150 valence electrons. The van der Waals surface area contributed by atoms with Crippen molar-refractivity contribution < 1.29 is 19.0 Å². The van der Waals surface area contributed by atoms with E-state index in [1.165, 1.54) is 12.0 Å². The molecule has 1 fully saturated rings. The van der Waals surface area contributed by atoms with Crippen LogP contribution in [0.3, 0.4) is 0 Å². The number of likely N-dealkylation sites (tertiary alicyclic amines) is 1. The standard InChI is InChI=1S/C23H29NO4/c1-26-19-9-7-18(8-10-19)22-6-4-3-5-16-24(22)23(25)15-17-28-21-13-11-20(27-2)12-14-21/h7-14,22H,3-6,15-17H2,1-2H3/t22-/m0/s1. The van der Waals surface area contributed by atoms with Gasteiger partial charge in [0.15, 0.2) is 0 Å². The van der Waals surface area contributed by atoms with Crippen LogP contribution in [-0.4, -0.2) is 38.2 Å². The van der Waals surface area contributed by atoms with Crippen molar-refractivity contribution in [2.24, 2.45) is 0 Å². The van der Waals surface area contributed by atoms with Gasteiger partial charge in [0, 0.05) is 6.54 Å². The Morgan fingerprint density at radius 1 is 0.893 bits per heavy atom. The number of carbonyl (C=O) groups is 1. The summed E-state index contributed by atoms with van der Waals surface area (Å²) in [6.45, 7) is 1.18. The molecular weight excluding hydrogens is 354 g/mol. The molecule has 0 bridgehead atoms. The average Bonchev–Trinajstić information content (AvgIpc) is 3.00. The van der Waals surface area contributed by atoms with E-state index in [0.717, 1.165) is 43.1 Å². The molecule has 1 atom stereocenters. The number of carbonyl (C=O) groups excluding carboxylic acids is 1. The first-order valence-electron chi connectivity index (χ1n) is 9.91. The lowest BCUT2D eigenvalue weighted by molar-refractivity contribution is -0.134. The summed E-state index contributed by atoms with van der Waals surface area (Å²) in [6.07, 6.45) is 4.73. The third-order valence-electron chi connectivity index (χ3n) is 5.22. The van der Waals surface area contributed by atoms with Crippen molar-refractivity contribution in [1.82, 2.24) is 4.90 Å². The number of rotatable bonds is 7. The van der Waals surface area contributed by atoms with E-state index in [-0.39, 0.29) is 11.9 Å². The van der Waals surface area contributed by atoms with Crippen LogP contribution in [0.1, 0.15) is 43.7 Å². The lowest BCUT2D eigenvalue weighted by Gasteiger charge is -2.30. The number of methoxy groups -OCH3 is 2. The summed E-state index contributed by atoms with van der Waals surface area (Å²) in [5.74, 6) is 2.52. The van der Waals surface area contributed by atoms with Crippen molar-refractivity contribution >= 4 is 5.91 Å². The summed E-state index contributed by atoms with van der Waals surface area (Å²) in [5.41, 5.74) is 1.17. The molecule has 5 nitrogen and oxygen atoms in total. The molecule has 1 amide bonds. The van der Waals surface area contributed by atoms with Crippen molar-refractivity contribution in [3.63, 3.8) is 0 Å². The van der Waals surface area contributed by atoms with Gasteiger partial charge in [-0.15, -0.1) is 0 Å². The third-order valence-corrected chi connectivity index (χ3v) is 5.22. The molecule has 3 rings (SSSR count). The highest BCUT2D eigenvalue weighted by Crippen LogP contribution is 2.31. The highest BCUT2D eigenvalue weighted by Gasteiger charge is 2.26. The fourth-order valence-electron chi connectivity index (χ4n) is 3.65. The Hall–Kier alpha value is -2.69. The van der Waals surface area contributed by atoms with Gasteiger partial charge in [0.05, 0.1) is 33.3 Å². The van der Waals surface area contributed by atoms with Crippen molar-refractivity contribution in [1.29, 1.82) is 0 Å². The largest absolute Gasteiger partial charge is 0.497 e. The van der Waals surface area contributed by atoms with E-state index in [2.05, 4.69) is 12.1 Å². The van der Waals surface area contributed by atoms with Gasteiger partial charge in [-0.05, 0) is 54.8 Å². The van der Waals surface area contributed by atoms with E-state index in [1.807, 2.05) is 41.3 Å². The lowest BCUT2D eigenvalue weighted by Crippen LogP contribution is -2.35. The van der Waals surface area contributed by atoms with Crippen LogP contribution in [0.5, 0.6) is 17.2 Å². The Labute approximate surface area is 167 Å². The molecular formula is C23H29NO4. The first-order valence-corrected chi connectivity index (χ1v) is 9.91. The molecule has 28 heavy (non-hydrogen) atoms. The summed E-state index contributed by atoms with van der Waals surface area (Å²) in [6, 6.07) is 15.6. The molecule has 0 unspecified atom stereocenters.